The third kappa shape index (κ3) is 3.78. The number of anilines is 1. The second kappa shape index (κ2) is 6.90. The summed E-state index contributed by atoms with van der Waals surface area (Å²) in [6.45, 7) is 7.48. The standard InChI is InChI=1S/C17H26N4O3S/c1-11(2)6-18-16(22)13-4-5-25(23,24)15-10-21(9-14(13)15)17-19-7-12(3)8-20-17/h7-8,11,13-15H,4-6,9-10H2,1-3H3,(H,18,22)/t13-,14+,15+/m0/s1. The molecule has 0 aliphatic carbocycles. The molecule has 8 heteroatoms. The van der Waals surface area contributed by atoms with Crippen molar-refractivity contribution in [3.63, 3.8) is 0 Å². The zero-order valence-electron chi connectivity index (χ0n) is 15.0. The van der Waals surface area contributed by atoms with Crippen LogP contribution < -0.4 is 10.2 Å². The lowest BCUT2D eigenvalue weighted by molar-refractivity contribution is -0.126. The highest BCUT2D eigenvalue weighted by atomic mass is 32.2. The Morgan fingerprint density at radius 2 is 2.00 bits per heavy atom. The lowest BCUT2D eigenvalue weighted by atomic mass is 9.87. The van der Waals surface area contributed by atoms with Crippen molar-refractivity contribution < 1.29 is 13.2 Å². The molecule has 7 nitrogen and oxygen atoms in total. The van der Waals surface area contributed by atoms with Crippen molar-refractivity contribution in [3.8, 4) is 0 Å². The highest BCUT2D eigenvalue weighted by molar-refractivity contribution is 7.92. The average Bonchev–Trinajstić information content (AvgIpc) is 3.00. The highest BCUT2D eigenvalue weighted by Gasteiger charge is 2.50. The van der Waals surface area contributed by atoms with Gasteiger partial charge < -0.3 is 10.2 Å². The van der Waals surface area contributed by atoms with Crippen LogP contribution in [0.15, 0.2) is 12.4 Å². The maximum atomic E-state index is 12.6. The summed E-state index contributed by atoms with van der Waals surface area (Å²) in [4.78, 5) is 23.1. The van der Waals surface area contributed by atoms with Gasteiger partial charge in [-0.3, -0.25) is 4.79 Å². The molecule has 138 valence electrons. The first kappa shape index (κ1) is 18.1. The van der Waals surface area contributed by atoms with Crippen LogP contribution in [0, 0.1) is 24.7 Å². The van der Waals surface area contributed by atoms with Crippen LogP contribution in [0.1, 0.15) is 25.8 Å². The molecule has 2 saturated heterocycles. The number of carbonyl (C=O) groups is 1. The molecular formula is C17H26N4O3S. The number of amides is 1. The van der Waals surface area contributed by atoms with E-state index in [9.17, 15) is 13.2 Å². The van der Waals surface area contributed by atoms with Crippen molar-refractivity contribution in [2.75, 3.05) is 30.3 Å². The van der Waals surface area contributed by atoms with E-state index in [0.29, 0.717) is 37.9 Å². The van der Waals surface area contributed by atoms with Gasteiger partial charge in [-0.2, -0.15) is 0 Å². The van der Waals surface area contributed by atoms with Crippen LogP contribution in [0.4, 0.5) is 5.95 Å². The Labute approximate surface area is 149 Å². The normalized spacial score (nSPS) is 28.0. The largest absolute Gasteiger partial charge is 0.356 e. The topological polar surface area (TPSA) is 92.3 Å². The molecular weight excluding hydrogens is 340 g/mol. The van der Waals surface area contributed by atoms with Gasteiger partial charge in [0.2, 0.25) is 11.9 Å². The molecule has 2 aliphatic rings. The number of aromatic nitrogens is 2. The van der Waals surface area contributed by atoms with Crippen molar-refractivity contribution in [1.29, 1.82) is 0 Å². The summed E-state index contributed by atoms with van der Waals surface area (Å²) in [5.41, 5.74) is 0.957. The molecule has 3 atom stereocenters. The first-order valence-electron chi connectivity index (χ1n) is 8.81. The number of aryl methyl sites for hydroxylation is 1. The van der Waals surface area contributed by atoms with Gasteiger partial charge in [0, 0.05) is 43.9 Å². The fourth-order valence-electron chi connectivity index (χ4n) is 3.70. The predicted molar refractivity (Wildman–Crippen MR) is 96.0 cm³/mol. The molecule has 0 radical (unpaired) electrons. The number of fused-ring (bicyclic) bond motifs is 1. The fraction of sp³-hybridized carbons (Fsp3) is 0.706. The molecule has 1 aromatic heterocycles. The van der Waals surface area contributed by atoms with Crippen LogP contribution in [0.2, 0.25) is 0 Å². The first-order chi connectivity index (χ1) is 11.8. The summed E-state index contributed by atoms with van der Waals surface area (Å²) in [7, 11) is -3.18. The lowest BCUT2D eigenvalue weighted by Gasteiger charge is -2.31. The zero-order valence-corrected chi connectivity index (χ0v) is 15.8. The third-order valence-corrected chi connectivity index (χ3v) is 7.30. The Morgan fingerprint density at radius 1 is 1.32 bits per heavy atom. The maximum Gasteiger partial charge on any atom is 0.225 e. The third-order valence-electron chi connectivity index (χ3n) is 5.07. The van der Waals surface area contributed by atoms with Crippen molar-refractivity contribution in [3.05, 3.63) is 18.0 Å². The van der Waals surface area contributed by atoms with E-state index in [2.05, 4.69) is 15.3 Å². The van der Waals surface area contributed by atoms with Crippen LogP contribution in [0.3, 0.4) is 0 Å². The summed E-state index contributed by atoms with van der Waals surface area (Å²) in [5.74, 6) is 0.504. The first-order valence-corrected chi connectivity index (χ1v) is 10.5. The molecule has 3 rings (SSSR count). The number of nitrogens with zero attached hydrogens (tertiary/aromatic N) is 3. The van der Waals surface area contributed by atoms with Gasteiger partial charge >= 0.3 is 0 Å². The number of hydrogen-bond acceptors (Lipinski definition) is 6. The maximum absolute atomic E-state index is 12.6. The summed E-state index contributed by atoms with van der Waals surface area (Å²) in [5, 5.41) is 2.46. The zero-order chi connectivity index (χ0) is 18.2. The molecule has 0 bridgehead atoms. The summed E-state index contributed by atoms with van der Waals surface area (Å²) in [6, 6.07) is 0. The minimum absolute atomic E-state index is 0.0229. The Kier molecular flexibility index (Phi) is 4.99. The Bertz CT molecular complexity index is 733. The van der Waals surface area contributed by atoms with Gasteiger partial charge in [0.25, 0.3) is 0 Å². The smallest absolute Gasteiger partial charge is 0.225 e. The number of hydrogen-bond donors (Lipinski definition) is 1. The quantitative estimate of drug-likeness (QED) is 0.847. The van der Waals surface area contributed by atoms with E-state index in [0.717, 1.165) is 5.56 Å². The van der Waals surface area contributed by atoms with Gasteiger partial charge in [0.15, 0.2) is 9.84 Å². The second-order valence-corrected chi connectivity index (χ2v) is 9.91. The Balaban J connectivity index is 1.79. The van der Waals surface area contributed by atoms with Crippen LogP contribution in [0.25, 0.3) is 0 Å². The second-order valence-electron chi connectivity index (χ2n) is 7.57. The lowest BCUT2D eigenvalue weighted by Crippen LogP contribution is -2.47. The molecule has 1 amide bonds. The average molecular weight is 366 g/mol. The molecule has 3 heterocycles. The highest BCUT2D eigenvalue weighted by Crippen LogP contribution is 2.38. The molecule has 2 fully saturated rings. The van der Waals surface area contributed by atoms with E-state index < -0.39 is 15.1 Å². The van der Waals surface area contributed by atoms with Gasteiger partial charge in [-0.25, -0.2) is 18.4 Å². The minimum atomic E-state index is -3.18. The van der Waals surface area contributed by atoms with Gasteiger partial charge in [-0.1, -0.05) is 13.8 Å². The fourth-order valence-corrected chi connectivity index (χ4v) is 5.80. The van der Waals surface area contributed by atoms with Crippen LogP contribution >= 0.6 is 0 Å². The monoisotopic (exact) mass is 366 g/mol. The van der Waals surface area contributed by atoms with E-state index in [1.165, 1.54) is 0 Å². The van der Waals surface area contributed by atoms with E-state index >= 15 is 0 Å². The van der Waals surface area contributed by atoms with Crippen LogP contribution in [-0.2, 0) is 14.6 Å². The van der Waals surface area contributed by atoms with Crippen LogP contribution in [-0.4, -0.2) is 54.9 Å². The molecule has 0 aromatic carbocycles. The van der Waals surface area contributed by atoms with E-state index in [-0.39, 0.29) is 23.5 Å². The Hall–Kier alpha value is -1.70. The van der Waals surface area contributed by atoms with Crippen LogP contribution in [0.5, 0.6) is 0 Å². The molecule has 0 saturated carbocycles. The van der Waals surface area contributed by atoms with Crippen molar-refractivity contribution in [2.24, 2.45) is 17.8 Å². The molecule has 2 aliphatic heterocycles. The summed E-state index contributed by atoms with van der Waals surface area (Å²) in [6.07, 6.45) is 3.85. The molecule has 1 N–H and O–H groups in total. The molecule has 25 heavy (non-hydrogen) atoms. The SMILES string of the molecule is Cc1cnc(N2C[C@@H]3[C@@H](C(=O)NCC(C)C)CCS(=O)(=O)[C@@H]3C2)nc1. The number of carbonyl (C=O) groups excluding carboxylic acids is 1. The van der Waals surface area contributed by atoms with Crippen molar-refractivity contribution in [1.82, 2.24) is 15.3 Å². The van der Waals surface area contributed by atoms with E-state index in [1.54, 1.807) is 12.4 Å². The number of rotatable bonds is 4. The van der Waals surface area contributed by atoms with E-state index in [4.69, 9.17) is 0 Å². The number of nitrogens with one attached hydrogen (secondary N) is 1. The molecule has 1 aromatic rings. The van der Waals surface area contributed by atoms with Gasteiger partial charge in [-0.15, -0.1) is 0 Å². The summed E-state index contributed by atoms with van der Waals surface area (Å²) < 4.78 is 25.1. The van der Waals surface area contributed by atoms with Crippen molar-refractivity contribution in [2.45, 2.75) is 32.4 Å². The number of sulfone groups is 1. The minimum Gasteiger partial charge on any atom is -0.356 e. The summed E-state index contributed by atoms with van der Waals surface area (Å²) >= 11 is 0. The van der Waals surface area contributed by atoms with Crippen molar-refractivity contribution >= 4 is 21.7 Å². The van der Waals surface area contributed by atoms with Gasteiger partial charge in [-0.05, 0) is 24.8 Å². The van der Waals surface area contributed by atoms with Gasteiger partial charge in [0.05, 0.1) is 11.0 Å². The Morgan fingerprint density at radius 3 is 2.64 bits per heavy atom. The molecule has 0 spiro atoms. The molecule has 0 unspecified atom stereocenters. The van der Waals surface area contributed by atoms with Gasteiger partial charge in [0.1, 0.15) is 0 Å². The predicted octanol–water partition coefficient (Wildman–Crippen LogP) is 0.797. The van der Waals surface area contributed by atoms with E-state index in [1.807, 2.05) is 25.7 Å².